The number of rotatable bonds is 6. The summed E-state index contributed by atoms with van der Waals surface area (Å²) in [7, 11) is 0. The van der Waals surface area contributed by atoms with Crippen LogP contribution in [0.25, 0.3) is 0 Å². The summed E-state index contributed by atoms with van der Waals surface area (Å²) in [6.07, 6.45) is 0. The molecule has 0 N–H and O–H groups in total. The van der Waals surface area contributed by atoms with Crippen LogP contribution in [-0.4, -0.2) is 48.2 Å². The molecule has 0 aromatic heterocycles. The van der Waals surface area contributed by atoms with Gasteiger partial charge in [0.2, 0.25) is 0 Å². The molecule has 37 heavy (non-hydrogen) atoms. The zero-order chi connectivity index (χ0) is 25.6. The fourth-order valence-electron chi connectivity index (χ4n) is 4.14. The first kappa shape index (κ1) is 23.8. The minimum absolute atomic E-state index is 0.317. The van der Waals surface area contributed by atoms with E-state index in [1.807, 2.05) is 0 Å². The first-order valence-corrected chi connectivity index (χ1v) is 19.2. The van der Waals surface area contributed by atoms with Crippen molar-refractivity contribution in [3.05, 3.63) is 117 Å². The molecule has 6 rings (SSSR count). The van der Waals surface area contributed by atoms with E-state index in [9.17, 15) is 20.2 Å². The predicted molar refractivity (Wildman–Crippen MR) is 133 cm³/mol. The van der Waals surface area contributed by atoms with E-state index in [-0.39, 0.29) is 0 Å². The Bertz CT molecular complexity index is 1360. The number of para-hydroxylation sites is 4. The fraction of sp³-hybridized carbons (Fsp3) is 0. The Morgan fingerprint density at radius 2 is 0.784 bits per heavy atom. The Morgan fingerprint density at radius 3 is 1.05 bits per heavy atom. The van der Waals surface area contributed by atoms with Crippen LogP contribution in [0.15, 0.2) is 97.1 Å². The molecule has 0 saturated carbocycles. The van der Waals surface area contributed by atoms with Crippen LogP contribution < -0.4 is 23.9 Å². The van der Waals surface area contributed by atoms with Crippen molar-refractivity contribution in [1.29, 1.82) is 0 Å². The van der Waals surface area contributed by atoms with Crippen molar-refractivity contribution in [3.8, 4) is 23.0 Å². The van der Waals surface area contributed by atoms with E-state index in [1.54, 1.807) is 97.1 Å². The second kappa shape index (κ2) is 9.06. The molecule has 0 atom stereocenters. The van der Waals surface area contributed by atoms with Crippen LogP contribution in [0, 0.1) is 20.2 Å². The van der Waals surface area contributed by atoms with E-state index in [0.717, 1.165) is 0 Å². The molecule has 0 radical (unpaired) electrons. The molecule has 4 aromatic rings. The first-order valence-electron chi connectivity index (χ1n) is 10.7. The van der Waals surface area contributed by atoms with E-state index < -0.39 is 48.2 Å². The average molecular weight is 732 g/mol. The summed E-state index contributed by atoms with van der Waals surface area (Å²) in [5.41, 5.74) is 0. The van der Waals surface area contributed by atoms with E-state index in [4.69, 9.17) is 17.3 Å². The Morgan fingerprint density at radius 1 is 0.514 bits per heavy atom. The van der Waals surface area contributed by atoms with Crippen LogP contribution in [0.3, 0.4) is 0 Å². The van der Waals surface area contributed by atoms with Gasteiger partial charge in [-0.2, -0.15) is 0 Å². The van der Waals surface area contributed by atoms with Crippen molar-refractivity contribution < 1.29 is 27.5 Å². The molecule has 2 aliphatic rings. The second-order valence-corrected chi connectivity index (χ2v) is 22.3. The molecule has 0 saturated heterocycles. The number of hydrogen-bond donors (Lipinski definition) is 0. The van der Waals surface area contributed by atoms with E-state index in [2.05, 4.69) is 0 Å². The first-order chi connectivity index (χ1) is 17.9. The zero-order valence-corrected chi connectivity index (χ0v) is 23.3. The Hall–Kier alpha value is -3.58. The van der Waals surface area contributed by atoms with Gasteiger partial charge in [0.05, 0.1) is 0 Å². The van der Waals surface area contributed by atoms with Gasteiger partial charge in [0.25, 0.3) is 0 Å². The Kier molecular flexibility index (Phi) is 5.83. The summed E-state index contributed by atoms with van der Waals surface area (Å²) >= 11 is -10.3. The van der Waals surface area contributed by atoms with Crippen LogP contribution >= 0.6 is 0 Å². The van der Waals surface area contributed by atoms with Gasteiger partial charge in [0.1, 0.15) is 0 Å². The van der Waals surface area contributed by atoms with Crippen LogP contribution in [0.4, 0.5) is 0 Å². The molecule has 0 spiro atoms. The minimum atomic E-state index is -5.15. The molecule has 0 unspecified atom stereocenters. The van der Waals surface area contributed by atoms with Crippen LogP contribution in [0.2, 0.25) is 0 Å². The van der Waals surface area contributed by atoms with Gasteiger partial charge >= 0.3 is 220 Å². The molecule has 2 aliphatic heterocycles. The monoisotopic (exact) mass is 736 g/mol. The van der Waals surface area contributed by atoms with E-state index >= 15 is 0 Å². The quantitative estimate of drug-likeness (QED) is 0.166. The summed E-state index contributed by atoms with van der Waals surface area (Å²) in [5, 5.41) is 22.4. The zero-order valence-electron chi connectivity index (χ0n) is 18.6. The van der Waals surface area contributed by atoms with Gasteiger partial charge in [-0.1, -0.05) is 0 Å². The summed E-state index contributed by atoms with van der Waals surface area (Å²) in [6, 6.07) is 26.8. The number of hydrogen-bond acceptors (Lipinski definition) is 9. The van der Waals surface area contributed by atoms with Gasteiger partial charge in [-0.25, -0.2) is 0 Å². The van der Waals surface area contributed by atoms with Gasteiger partial charge in [-0.15, -0.1) is 0 Å². The van der Waals surface area contributed by atoms with Crippen molar-refractivity contribution in [1.82, 2.24) is 0 Å². The SMILES string of the molecule is O=[N+]([O-])O[Te]1(O[Te]2(O[N+](=O)[O-])c3ccccc3Oc3ccccc32)c2ccccc2Oc2ccccc21. The molecule has 0 aliphatic carbocycles. The molecule has 0 amide bonds. The van der Waals surface area contributed by atoms with E-state index in [1.165, 1.54) is 0 Å². The number of fused-ring (bicyclic) bond motifs is 4. The molecule has 2 heterocycles. The predicted octanol–water partition coefficient (Wildman–Crippen LogP) is 2.14. The molecule has 11 nitrogen and oxygen atoms in total. The van der Waals surface area contributed by atoms with Crippen molar-refractivity contribution in [2.75, 3.05) is 0 Å². The van der Waals surface area contributed by atoms with E-state index in [0.29, 0.717) is 37.4 Å². The van der Waals surface area contributed by atoms with Crippen LogP contribution in [0.5, 0.6) is 23.0 Å². The maximum absolute atomic E-state index is 12.1. The van der Waals surface area contributed by atoms with Crippen LogP contribution in [0.1, 0.15) is 0 Å². The molecule has 13 heteroatoms. The number of ether oxygens (including phenoxy) is 2. The third kappa shape index (κ3) is 3.84. The van der Waals surface area contributed by atoms with Gasteiger partial charge in [0.15, 0.2) is 0 Å². The van der Waals surface area contributed by atoms with Gasteiger partial charge in [-0.3, -0.25) is 0 Å². The summed E-state index contributed by atoms with van der Waals surface area (Å²) in [5.74, 6) is 1.27. The molecule has 188 valence electrons. The summed E-state index contributed by atoms with van der Waals surface area (Å²) in [6.45, 7) is 0. The molecule has 0 bridgehead atoms. The van der Waals surface area contributed by atoms with Crippen molar-refractivity contribution >= 4 is 52.4 Å². The number of benzene rings is 4. The molecule has 4 aromatic carbocycles. The second-order valence-electron chi connectivity index (χ2n) is 7.66. The number of nitrogens with zero attached hydrogens (tertiary/aromatic N) is 2. The fourth-order valence-corrected chi connectivity index (χ4v) is 28.1. The van der Waals surface area contributed by atoms with Gasteiger partial charge in [0, 0.05) is 0 Å². The standard InChI is InChI=1S/C24H16N2O9Te2/c27-25(28)33-36(21-13-5-1-9-17(21)31-18-10-2-6-14-22(18)36)35-37(34-26(29)30)23-15-7-3-11-19(23)32-20-12-4-8-16-24(20)37/h1-16H. The van der Waals surface area contributed by atoms with Crippen molar-refractivity contribution in [2.24, 2.45) is 0 Å². The van der Waals surface area contributed by atoms with Gasteiger partial charge < -0.3 is 0 Å². The average Bonchev–Trinajstić information content (AvgIpc) is 2.88. The summed E-state index contributed by atoms with van der Waals surface area (Å²) < 4.78 is 31.6. The third-order valence-electron chi connectivity index (χ3n) is 5.52. The third-order valence-corrected chi connectivity index (χ3v) is 26.3. The Balaban J connectivity index is 1.70. The normalized spacial score (nSPS) is 17.1. The van der Waals surface area contributed by atoms with Crippen LogP contribution in [-0.2, 0) is 7.87 Å². The molecule has 0 fully saturated rings. The molecular formula is C24H16N2O9Te2. The topological polar surface area (TPSA) is 132 Å². The Labute approximate surface area is 219 Å². The summed E-state index contributed by atoms with van der Waals surface area (Å²) in [4.78, 5) is 24.2. The molecular weight excluding hydrogens is 715 g/mol. The van der Waals surface area contributed by atoms with Gasteiger partial charge in [-0.05, 0) is 0 Å². The van der Waals surface area contributed by atoms with Crippen molar-refractivity contribution in [2.45, 2.75) is 0 Å². The maximum atomic E-state index is 12.1. The van der Waals surface area contributed by atoms with Crippen molar-refractivity contribution in [3.63, 3.8) is 0 Å².